The maximum atomic E-state index is 12.8. The van der Waals surface area contributed by atoms with Crippen LogP contribution in [0.3, 0.4) is 0 Å². The second-order valence-corrected chi connectivity index (χ2v) is 6.89. The molecule has 0 aliphatic rings. The maximum Gasteiger partial charge on any atom is 0.309 e. The van der Waals surface area contributed by atoms with Gasteiger partial charge in [0.25, 0.3) is 5.56 Å². The van der Waals surface area contributed by atoms with Gasteiger partial charge in [-0.15, -0.1) is 11.3 Å². The fraction of sp³-hybridized carbons (Fsp3) is 0.176. The highest BCUT2D eigenvalue weighted by Gasteiger charge is 2.16. The maximum absolute atomic E-state index is 12.8. The molecule has 0 atom stereocenters. The molecule has 0 aliphatic carbocycles. The molecule has 8 nitrogen and oxygen atoms in total. The molecule has 136 valence electrons. The van der Waals surface area contributed by atoms with Gasteiger partial charge in [0.15, 0.2) is 5.52 Å². The summed E-state index contributed by atoms with van der Waals surface area (Å²) >= 11 is 1.36. The van der Waals surface area contributed by atoms with Gasteiger partial charge < -0.3 is 5.11 Å². The molecule has 1 aromatic carbocycles. The molecule has 4 aromatic rings. The highest BCUT2D eigenvalue weighted by molar-refractivity contribution is 7.18. The molecule has 0 saturated carbocycles. The second-order valence-electron chi connectivity index (χ2n) is 5.78. The van der Waals surface area contributed by atoms with E-state index < -0.39 is 18.2 Å². The molecule has 0 radical (unpaired) electrons. The zero-order valence-electron chi connectivity index (χ0n) is 13.8. The lowest BCUT2D eigenvalue weighted by molar-refractivity contribution is -0.136. The SMILES string of the molecule is O=C(O)Cc1nn(Cc2nc3cc(CF)ccc3s2)c(=O)c2nccnc12. The van der Waals surface area contributed by atoms with Crippen molar-refractivity contribution in [3.05, 3.63) is 57.2 Å². The Morgan fingerprint density at radius 3 is 2.74 bits per heavy atom. The quantitative estimate of drug-likeness (QED) is 0.559. The standard InChI is InChI=1S/C17H12FN5O3S/c18-7-9-1-2-12-10(5-9)21-13(27-12)8-23-17(26)16-15(19-3-4-20-16)11(22-23)6-14(24)25/h1-5H,6-8H2,(H,24,25). The van der Waals surface area contributed by atoms with Gasteiger partial charge in [-0.3, -0.25) is 14.6 Å². The van der Waals surface area contributed by atoms with Gasteiger partial charge >= 0.3 is 5.97 Å². The highest BCUT2D eigenvalue weighted by Crippen LogP contribution is 2.24. The molecular weight excluding hydrogens is 373 g/mol. The first-order chi connectivity index (χ1) is 13.0. The number of alkyl halides is 1. The van der Waals surface area contributed by atoms with E-state index >= 15 is 0 Å². The average Bonchev–Trinajstić information content (AvgIpc) is 3.06. The van der Waals surface area contributed by atoms with E-state index in [0.717, 1.165) is 9.38 Å². The number of benzene rings is 1. The van der Waals surface area contributed by atoms with E-state index in [1.54, 1.807) is 18.2 Å². The third-order valence-electron chi connectivity index (χ3n) is 3.90. The van der Waals surface area contributed by atoms with Gasteiger partial charge in [0, 0.05) is 12.4 Å². The van der Waals surface area contributed by atoms with Crippen molar-refractivity contribution < 1.29 is 14.3 Å². The van der Waals surface area contributed by atoms with Crippen LogP contribution in [0.25, 0.3) is 21.3 Å². The van der Waals surface area contributed by atoms with Crippen LogP contribution in [-0.4, -0.2) is 35.8 Å². The van der Waals surface area contributed by atoms with Crippen molar-refractivity contribution in [2.75, 3.05) is 0 Å². The van der Waals surface area contributed by atoms with Crippen molar-refractivity contribution in [1.29, 1.82) is 0 Å². The summed E-state index contributed by atoms with van der Waals surface area (Å²) in [6.45, 7) is -0.520. The Morgan fingerprint density at radius 2 is 2.00 bits per heavy atom. The second kappa shape index (κ2) is 6.80. The molecule has 3 heterocycles. The summed E-state index contributed by atoms with van der Waals surface area (Å²) in [4.78, 5) is 36.3. The molecule has 0 amide bonds. The van der Waals surface area contributed by atoms with Crippen LogP contribution < -0.4 is 5.56 Å². The number of carboxylic acid groups (broad SMARTS) is 1. The zero-order valence-corrected chi connectivity index (χ0v) is 14.6. The molecule has 1 N–H and O–H groups in total. The largest absolute Gasteiger partial charge is 0.481 e. The first kappa shape index (κ1) is 17.2. The van der Waals surface area contributed by atoms with Crippen LogP contribution >= 0.6 is 11.3 Å². The molecular formula is C17H12FN5O3S. The molecule has 27 heavy (non-hydrogen) atoms. The van der Waals surface area contributed by atoms with Crippen molar-refractivity contribution in [3.8, 4) is 0 Å². The number of thiazole rings is 1. The molecule has 0 bridgehead atoms. The zero-order chi connectivity index (χ0) is 19.0. The minimum atomic E-state index is -1.08. The fourth-order valence-corrected chi connectivity index (χ4v) is 3.67. The molecule has 0 spiro atoms. The van der Waals surface area contributed by atoms with E-state index in [0.29, 0.717) is 16.1 Å². The van der Waals surface area contributed by atoms with E-state index in [2.05, 4.69) is 20.1 Å². The molecule has 0 aliphatic heterocycles. The summed E-state index contributed by atoms with van der Waals surface area (Å²) in [6.07, 6.45) is 2.37. The van der Waals surface area contributed by atoms with Gasteiger partial charge in [-0.05, 0) is 17.7 Å². The molecule has 0 unspecified atom stereocenters. The van der Waals surface area contributed by atoms with Gasteiger partial charge in [-0.1, -0.05) is 6.07 Å². The smallest absolute Gasteiger partial charge is 0.309 e. The van der Waals surface area contributed by atoms with Gasteiger partial charge in [0.05, 0.1) is 23.2 Å². The van der Waals surface area contributed by atoms with Crippen molar-refractivity contribution >= 4 is 38.6 Å². The van der Waals surface area contributed by atoms with Gasteiger partial charge in [0.2, 0.25) is 0 Å². The first-order valence-electron chi connectivity index (χ1n) is 7.92. The minimum absolute atomic E-state index is 0.0578. The molecule has 0 saturated heterocycles. The number of aliphatic carboxylic acids is 1. The average molecular weight is 385 g/mol. The fourth-order valence-electron chi connectivity index (χ4n) is 2.74. The Morgan fingerprint density at radius 1 is 1.22 bits per heavy atom. The molecule has 3 aromatic heterocycles. The summed E-state index contributed by atoms with van der Waals surface area (Å²) < 4.78 is 14.8. The summed E-state index contributed by atoms with van der Waals surface area (Å²) in [5.74, 6) is -1.08. The number of aromatic nitrogens is 5. The number of fused-ring (bicyclic) bond motifs is 2. The lowest BCUT2D eigenvalue weighted by Crippen LogP contribution is -2.27. The Balaban J connectivity index is 1.80. The third kappa shape index (κ3) is 3.26. The van der Waals surface area contributed by atoms with Crippen molar-refractivity contribution in [1.82, 2.24) is 24.7 Å². The van der Waals surface area contributed by atoms with Crippen LogP contribution in [-0.2, 0) is 24.4 Å². The van der Waals surface area contributed by atoms with Crippen molar-refractivity contribution in [3.63, 3.8) is 0 Å². The Bertz CT molecular complexity index is 1240. The Kier molecular flexibility index (Phi) is 4.32. The van der Waals surface area contributed by atoms with E-state index in [1.807, 2.05) is 0 Å². The number of rotatable bonds is 5. The van der Waals surface area contributed by atoms with Crippen LogP contribution in [0.1, 0.15) is 16.3 Å². The van der Waals surface area contributed by atoms with Crippen molar-refractivity contribution in [2.45, 2.75) is 19.6 Å². The van der Waals surface area contributed by atoms with E-state index in [1.165, 1.54) is 23.7 Å². The van der Waals surface area contributed by atoms with Gasteiger partial charge in [-0.25, -0.2) is 19.0 Å². The number of carboxylic acids is 1. The number of nitrogens with zero attached hydrogens (tertiary/aromatic N) is 5. The lowest BCUT2D eigenvalue weighted by Gasteiger charge is -2.07. The van der Waals surface area contributed by atoms with E-state index in [4.69, 9.17) is 5.11 Å². The molecule has 10 heteroatoms. The predicted molar refractivity (Wildman–Crippen MR) is 96.5 cm³/mol. The Labute approximate surface area is 155 Å². The topological polar surface area (TPSA) is 111 Å². The van der Waals surface area contributed by atoms with Gasteiger partial charge in [0.1, 0.15) is 22.9 Å². The number of halogens is 1. The van der Waals surface area contributed by atoms with E-state index in [-0.39, 0.29) is 29.7 Å². The Hall–Kier alpha value is -3.27. The van der Waals surface area contributed by atoms with Crippen LogP contribution in [0.15, 0.2) is 35.4 Å². The summed E-state index contributed by atoms with van der Waals surface area (Å²) in [7, 11) is 0. The number of hydrogen-bond acceptors (Lipinski definition) is 7. The van der Waals surface area contributed by atoms with Gasteiger partial charge in [-0.2, -0.15) is 5.10 Å². The highest BCUT2D eigenvalue weighted by atomic mass is 32.1. The minimum Gasteiger partial charge on any atom is -0.481 e. The summed E-state index contributed by atoms with van der Waals surface area (Å²) in [5, 5.41) is 13.9. The van der Waals surface area contributed by atoms with E-state index in [9.17, 15) is 14.0 Å². The third-order valence-corrected chi connectivity index (χ3v) is 4.93. The van der Waals surface area contributed by atoms with Crippen molar-refractivity contribution in [2.24, 2.45) is 0 Å². The number of carbonyl (C=O) groups is 1. The normalized spacial score (nSPS) is 11.3. The first-order valence-corrected chi connectivity index (χ1v) is 8.73. The molecule has 0 fully saturated rings. The van der Waals surface area contributed by atoms with Crippen LogP contribution in [0.5, 0.6) is 0 Å². The monoisotopic (exact) mass is 385 g/mol. The molecule has 4 rings (SSSR count). The summed E-state index contributed by atoms with van der Waals surface area (Å²) in [5.41, 5.74) is 1.09. The summed E-state index contributed by atoms with van der Waals surface area (Å²) in [6, 6.07) is 5.13. The lowest BCUT2D eigenvalue weighted by atomic mass is 10.2. The van der Waals surface area contributed by atoms with Crippen LogP contribution in [0, 0.1) is 0 Å². The predicted octanol–water partition coefficient (Wildman–Crippen LogP) is 1.94. The number of hydrogen-bond donors (Lipinski definition) is 1. The van der Waals surface area contributed by atoms with Crippen LogP contribution in [0.4, 0.5) is 4.39 Å². The van der Waals surface area contributed by atoms with Crippen LogP contribution in [0.2, 0.25) is 0 Å².